The SMILES string of the molecule is CC(C(=O)O)N(C)S(=O)(=O)c1cccc(S(C)(=O)=O)c1. The second-order valence-corrected chi connectivity index (χ2v) is 8.30. The van der Waals surface area contributed by atoms with E-state index in [1.807, 2.05) is 0 Å². The highest BCUT2D eigenvalue weighted by atomic mass is 32.2. The topological polar surface area (TPSA) is 109 Å². The van der Waals surface area contributed by atoms with Crippen molar-refractivity contribution in [1.29, 1.82) is 0 Å². The van der Waals surface area contributed by atoms with Crippen LogP contribution in [0, 0.1) is 0 Å². The van der Waals surface area contributed by atoms with Gasteiger partial charge >= 0.3 is 5.97 Å². The molecule has 0 radical (unpaired) electrons. The summed E-state index contributed by atoms with van der Waals surface area (Å²) < 4.78 is 48.0. The minimum atomic E-state index is -4.08. The van der Waals surface area contributed by atoms with E-state index in [1.165, 1.54) is 25.1 Å². The number of sulfone groups is 1. The zero-order chi connectivity index (χ0) is 15.7. The summed E-state index contributed by atoms with van der Waals surface area (Å²) in [5.74, 6) is -1.30. The van der Waals surface area contributed by atoms with Crippen LogP contribution in [0.2, 0.25) is 0 Å². The van der Waals surface area contributed by atoms with Gasteiger partial charge in [-0.05, 0) is 25.1 Å². The standard InChI is InChI=1S/C11H15NO6S2/c1-8(11(13)14)12(2)20(17,18)10-6-4-5-9(7-10)19(3,15)16/h4-8H,1-3H3,(H,13,14). The summed E-state index contributed by atoms with van der Waals surface area (Å²) in [6.45, 7) is 1.22. The largest absolute Gasteiger partial charge is 0.480 e. The molecule has 112 valence electrons. The van der Waals surface area contributed by atoms with E-state index in [-0.39, 0.29) is 9.79 Å². The van der Waals surface area contributed by atoms with Crippen LogP contribution in [0.25, 0.3) is 0 Å². The third-order valence-corrected chi connectivity index (χ3v) is 5.85. The normalized spacial score (nSPS) is 14.2. The summed E-state index contributed by atoms with van der Waals surface area (Å²) in [5, 5.41) is 8.84. The molecule has 1 atom stereocenters. The Hall–Kier alpha value is -1.45. The quantitative estimate of drug-likeness (QED) is 0.829. The summed E-state index contributed by atoms with van der Waals surface area (Å²) in [6.07, 6.45) is 0.961. The van der Waals surface area contributed by atoms with Crippen molar-refractivity contribution >= 4 is 25.8 Å². The fourth-order valence-corrected chi connectivity index (χ4v) is 3.50. The predicted octanol–water partition coefficient (Wildman–Crippen LogP) is 0.184. The molecule has 0 aromatic heterocycles. The van der Waals surface area contributed by atoms with Crippen LogP contribution in [0.4, 0.5) is 0 Å². The molecule has 0 saturated carbocycles. The van der Waals surface area contributed by atoms with Crippen LogP contribution in [0.1, 0.15) is 6.92 Å². The Morgan fingerprint density at radius 3 is 2.15 bits per heavy atom. The highest BCUT2D eigenvalue weighted by Gasteiger charge is 2.29. The summed E-state index contributed by atoms with van der Waals surface area (Å²) >= 11 is 0. The molecule has 0 fully saturated rings. The minimum absolute atomic E-state index is 0.144. The average molecular weight is 321 g/mol. The van der Waals surface area contributed by atoms with Crippen molar-refractivity contribution in [3.63, 3.8) is 0 Å². The molecular weight excluding hydrogens is 306 g/mol. The molecule has 0 aliphatic rings. The van der Waals surface area contributed by atoms with Gasteiger partial charge in [0.05, 0.1) is 9.79 Å². The molecule has 1 aromatic carbocycles. The first-order chi connectivity index (χ1) is 8.98. The van der Waals surface area contributed by atoms with Crippen LogP contribution in [0.3, 0.4) is 0 Å². The van der Waals surface area contributed by atoms with Crippen molar-refractivity contribution in [2.45, 2.75) is 22.8 Å². The zero-order valence-corrected chi connectivity index (χ0v) is 12.8. The van der Waals surface area contributed by atoms with Crippen LogP contribution in [0.15, 0.2) is 34.1 Å². The molecule has 9 heteroatoms. The fourth-order valence-electron chi connectivity index (χ4n) is 1.40. The Balaban J connectivity index is 3.34. The maximum Gasteiger partial charge on any atom is 0.321 e. The molecule has 1 aromatic rings. The number of nitrogens with zero attached hydrogens (tertiary/aromatic N) is 1. The highest BCUT2D eigenvalue weighted by molar-refractivity contribution is 7.91. The first-order valence-corrected chi connectivity index (χ1v) is 8.82. The molecule has 0 saturated heterocycles. The molecule has 0 bridgehead atoms. The molecule has 0 aliphatic carbocycles. The van der Waals surface area contributed by atoms with E-state index < -0.39 is 31.9 Å². The molecule has 1 unspecified atom stereocenters. The number of aliphatic carboxylic acids is 1. The van der Waals surface area contributed by atoms with E-state index in [2.05, 4.69) is 0 Å². The summed E-state index contributed by atoms with van der Waals surface area (Å²) in [6, 6.07) is 3.53. The van der Waals surface area contributed by atoms with Crippen molar-refractivity contribution in [2.75, 3.05) is 13.3 Å². The Morgan fingerprint density at radius 2 is 1.70 bits per heavy atom. The molecule has 0 spiro atoms. The lowest BCUT2D eigenvalue weighted by molar-refractivity contribution is -0.140. The van der Waals surface area contributed by atoms with Gasteiger partial charge in [-0.25, -0.2) is 16.8 Å². The maximum absolute atomic E-state index is 12.2. The number of rotatable bonds is 5. The monoisotopic (exact) mass is 321 g/mol. The number of likely N-dealkylation sites (N-methyl/N-ethyl adjacent to an activating group) is 1. The van der Waals surface area contributed by atoms with E-state index in [9.17, 15) is 21.6 Å². The van der Waals surface area contributed by atoms with E-state index in [1.54, 1.807) is 0 Å². The van der Waals surface area contributed by atoms with Crippen molar-refractivity contribution in [2.24, 2.45) is 0 Å². The van der Waals surface area contributed by atoms with Crippen molar-refractivity contribution in [1.82, 2.24) is 4.31 Å². The minimum Gasteiger partial charge on any atom is -0.480 e. The van der Waals surface area contributed by atoms with Gasteiger partial charge in [0.2, 0.25) is 10.0 Å². The van der Waals surface area contributed by atoms with Gasteiger partial charge in [0.1, 0.15) is 6.04 Å². The Bertz CT molecular complexity index is 723. The van der Waals surface area contributed by atoms with E-state index in [0.29, 0.717) is 4.31 Å². The summed E-state index contributed by atoms with van der Waals surface area (Å²) in [4.78, 5) is 10.4. The van der Waals surface area contributed by atoms with E-state index in [0.717, 1.165) is 19.4 Å². The van der Waals surface area contributed by atoms with Crippen LogP contribution in [-0.4, -0.2) is 51.6 Å². The lowest BCUT2D eigenvalue weighted by atomic mass is 10.4. The van der Waals surface area contributed by atoms with E-state index >= 15 is 0 Å². The highest BCUT2D eigenvalue weighted by Crippen LogP contribution is 2.20. The molecule has 7 nitrogen and oxygen atoms in total. The molecular formula is C11H15NO6S2. The fraction of sp³-hybridized carbons (Fsp3) is 0.364. The van der Waals surface area contributed by atoms with Crippen molar-refractivity contribution in [3.05, 3.63) is 24.3 Å². The van der Waals surface area contributed by atoms with E-state index in [4.69, 9.17) is 5.11 Å². The van der Waals surface area contributed by atoms with Gasteiger partial charge in [-0.1, -0.05) is 6.07 Å². The van der Waals surface area contributed by atoms with Gasteiger partial charge in [-0.15, -0.1) is 0 Å². The number of carboxylic acids is 1. The van der Waals surface area contributed by atoms with Gasteiger partial charge < -0.3 is 5.11 Å². The summed E-state index contributed by atoms with van der Waals surface area (Å²) in [7, 11) is -6.50. The number of carbonyl (C=O) groups is 1. The molecule has 0 aliphatic heterocycles. The predicted molar refractivity (Wildman–Crippen MR) is 71.6 cm³/mol. The van der Waals surface area contributed by atoms with Crippen LogP contribution in [-0.2, 0) is 24.7 Å². The lowest BCUT2D eigenvalue weighted by Crippen LogP contribution is -2.40. The second-order valence-electron chi connectivity index (χ2n) is 4.28. The maximum atomic E-state index is 12.2. The Kier molecular flexibility index (Phi) is 4.57. The third kappa shape index (κ3) is 3.35. The van der Waals surface area contributed by atoms with Gasteiger partial charge in [0.15, 0.2) is 9.84 Å². The lowest BCUT2D eigenvalue weighted by Gasteiger charge is -2.21. The molecule has 0 amide bonds. The zero-order valence-electron chi connectivity index (χ0n) is 11.1. The first-order valence-electron chi connectivity index (χ1n) is 5.49. The van der Waals surface area contributed by atoms with Crippen LogP contribution >= 0.6 is 0 Å². The third-order valence-electron chi connectivity index (χ3n) is 2.81. The van der Waals surface area contributed by atoms with Crippen molar-refractivity contribution < 1.29 is 26.7 Å². The van der Waals surface area contributed by atoms with Gasteiger partial charge in [-0.3, -0.25) is 4.79 Å². The number of hydrogen-bond donors (Lipinski definition) is 1. The van der Waals surface area contributed by atoms with Crippen LogP contribution in [0.5, 0.6) is 0 Å². The summed E-state index contributed by atoms with van der Waals surface area (Å²) in [5.41, 5.74) is 0. The molecule has 1 N–H and O–H groups in total. The van der Waals surface area contributed by atoms with Gasteiger partial charge in [0.25, 0.3) is 0 Å². The Morgan fingerprint density at radius 1 is 1.20 bits per heavy atom. The van der Waals surface area contributed by atoms with Crippen LogP contribution < -0.4 is 0 Å². The number of benzene rings is 1. The number of carboxylic acid groups (broad SMARTS) is 1. The average Bonchev–Trinajstić information content (AvgIpc) is 2.35. The smallest absolute Gasteiger partial charge is 0.321 e. The second kappa shape index (κ2) is 5.51. The first kappa shape index (κ1) is 16.6. The van der Waals surface area contributed by atoms with Crippen molar-refractivity contribution in [3.8, 4) is 0 Å². The Labute approximate surface area is 117 Å². The molecule has 20 heavy (non-hydrogen) atoms. The van der Waals surface area contributed by atoms with Gasteiger partial charge in [-0.2, -0.15) is 4.31 Å². The molecule has 1 rings (SSSR count). The molecule has 0 heterocycles. The van der Waals surface area contributed by atoms with Gasteiger partial charge in [0, 0.05) is 13.3 Å². The number of sulfonamides is 1. The number of hydrogen-bond acceptors (Lipinski definition) is 5.